The number of benzene rings is 1. The second-order valence-electron chi connectivity index (χ2n) is 9.74. The van der Waals surface area contributed by atoms with Gasteiger partial charge in [-0.15, -0.1) is 0 Å². The Morgan fingerprint density at radius 2 is 1.86 bits per heavy atom. The zero-order valence-corrected chi connectivity index (χ0v) is 21.6. The lowest BCUT2D eigenvalue weighted by Crippen LogP contribution is -2.46. The molecule has 2 aliphatic rings. The Kier molecular flexibility index (Phi) is 9.29. The van der Waals surface area contributed by atoms with Gasteiger partial charge in [-0.1, -0.05) is 48.5 Å². The van der Waals surface area contributed by atoms with Gasteiger partial charge in [-0.3, -0.25) is 5.21 Å². The normalized spacial score (nSPS) is 28.5. The lowest BCUT2D eigenvalue weighted by Gasteiger charge is -2.49. The highest BCUT2D eigenvalue weighted by atomic mass is 16.8. The summed E-state index contributed by atoms with van der Waals surface area (Å²) in [4.78, 5) is 24.5. The van der Waals surface area contributed by atoms with Crippen LogP contribution in [0.4, 0.5) is 5.69 Å². The maximum absolute atomic E-state index is 13.0. The van der Waals surface area contributed by atoms with Crippen molar-refractivity contribution in [1.29, 1.82) is 0 Å². The van der Waals surface area contributed by atoms with Crippen LogP contribution in [-0.2, 0) is 14.3 Å². The summed E-state index contributed by atoms with van der Waals surface area (Å²) < 4.78 is 10.7. The minimum Gasteiger partial charge on any atom is -0.733 e. The standard InChI is InChI=1S/C29H36NO6/c1-6-18(2)27-20(4)17-24-25(36-29(32)21-12-14-22(15-13-21)30(33)34)16-11-19(3)28(24)23(27)9-7-8-10-26(31)35-5/h6-10,12-15,17,19,23-25,27-28,33H,11,16H2,1-5H3/q-1. The summed E-state index contributed by atoms with van der Waals surface area (Å²) in [7, 11) is 1.35. The third kappa shape index (κ3) is 6.15. The molecule has 6 unspecified atom stereocenters. The van der Waals surface area contributed by atoms with Gasteiger partial charge in [-0.05, 0) is 75.6 Å². The number of rotatable bonds is 7. The van der Waals surface area contributed by atoms with Crippen molar-refractivity contribution >= 4 is 17.6 Å². The highest BCUT2D eigenvalue weighted by Crippen LogP contribution is 2.51. The number of allylic oxidation sites excluding steroid dienone is 6. The summed E-state index contributed by atoms with van der Waals surface area (Å²) in [5.74, 6) is 0.319. The Hall–Kier alpha value is -3.16. The zero-order valence-electron chi connectivity index (χ0n) is 21.6. The Bertz CT molecular complexity index is 1050. The molecule has 7 heteroatoms. The van der Waals surface area contributed by atoms with Gasteiger partial charge in [0.15, 0.2) is 0 Å². The summed E-state index contributed by atoms with van der Waals surface area (Å²) in [6.07, 6.45) is 13.1. The molecule has 0 saturated heterocycles. The second kappa shape index (κ2) is 12.2. The number of carbonyl (C=O) groups excluding carboxylic acids is 2. The summed E-state index contributed by atoms with van der Waals surface area (Å²) in [6.45, 7) is 8.60. The number of carbonyl (C=O) groups is 2. The average molecular weight is 495 g/mol. The molecule has 0 amide bonds. The third-order valence-corrected chi connectivity index (χ3v) is 7.62. The van der Waals surface area contributed by atoms with Gasteiger partial charge in [0.1, 0.15) is 6.10 Å². The van der Waals surface area contributed by atoms with E-state index in [1.165, 1.54) is 48.6 Å². The first kappa shape index (κ1) is 27.4. The number of methoxy groups -OCH3 is 1. The van der Waals surface area contributed by atoms with E-state index in [0.29, 0.717) is 11.5 Å². The number of hydrogen-bond donors (Lipinski definition) is 1. The van der Waals surface area contributed by atoms with Crippen molar-refractivity contribution in [3.63, 3.8) is 0 Å². The molecule has 7 nitrogen and oxygen atoms in total. The average Bonchev–Trinajstić information content (AvgIpc) is 2.87. The summed E-state index contributed by atoms with van der Waals surface area (Å²) in [5.41, 5.74) is 2.91. The fourth-order valence-electron chi connectivity index (χ4n) is 5.77. The van der Waals surface area contributed by atoms with E-state index in [0.717, 1.165) is 12.8 Å². The molecule has 36 heavy (non-hydrogen) atoms. The molecule has 0 aliphatic heterocycles. The molecule has 0 heterocycles. The molecule has 0 radical (unpaired) electrons. The van der Waals surface area contributed by atoms with Gasteiger partial charge in [0.25, 0.3) is 0 Å². The molecule has 3 rings (SSSR count). The smallest absolute Gasteiger partial charge is 0.338 e. The maximum Gasteiger partial charge on any atom is 0.338 e. The fraction of sp³-hybridized carbons (Fsp3) is 0.448. The minimum absolute atomic E-state index is 0.0465. The van der Waals surface area contributed by atoms with E-state index in [2.05, 4.69) is 50.7 Å². The Morgan fingerprint density at radius 1 is 1.17 bits per heavy atom. The Morgan fingerprint density at radius 3 is 2.47 bits per heavy atom. The number of ether oxygens (including phenoxy) is 2. The van der Waals surface area contributed by atoms with E-state index in [4.69, 9.17) is 9.94 Å². The van der Waals surface area contributed by atoms with Crippen molar-refractivity contribution in [3.05, 3.63) is 82.6 Å². The highest BCUT2D eigenvalue weighted by molar-refractivity contribution is 5.90. The van der Waals surface area contributed by atoms with Crippen molar-refractivity contribution in [2.75, 3.05) is 12.3 Å². The predicted molar refractivity (Wildman–Crippen MR) is 139 cm³/mol. The van der Waals surface area contributed by atoms with Crippen LogP contribution in [0.3, 0.4) is 0 Å². The SMILES string of the molecule is CC=C(C)C1C(C)=CC2C(OC(=O)c3ccc(N([O-])O)cc3)CCC(C)C2C1C=CC=CC(=O)OC. The van der Waals surface area contributed by atoms with Gasteiger partial charge in [-0.25, -0.2) is 9.59 Å². The topological polar surface area (TPSA) is 99.1 Å². The van der Waals surface area contributed by atoms with Gasteiger partial charge in [0.05, 0.1) is 18.4 Å². The summed E-state index contributed by atoms with van der Waals surface area (Å²) in [5, 5.41) is 19.8. The number of anilines is 1. The molecule has 1 aromatic rings. The van der Waals surface area contributed by atoms with Crippen LogP contribution in [0.15, 0.2) is 71.9 Å². The molecule has 6 atom stereocenters. The molecule has 0 spiro atoms. The molecule has 1 saturated carbocycles. The van der Waals surface area contributed by atoms with Gasteiger partial charge in [0.2, 0.25) is 0 Å². The van der Waals surface area contributed by atoms with Crippen molar-refractivity contribution in [3.8, 4) is 0 Å². The third-order valence-electron chi connectivity index (χ3n) is 7.62. The molecule has 2 aliphatic carbocycles. The Labute approximate surface area is 213 Å². The summed E-state index contributed by atoms with van der Waals surface area (Å²) >= 11 is 0. The van der Waals surface area contributed by atoms with E-state index in [9.17, 15) is 14.8 Å². The van der Waals surface area contributed by atoms with Crippen LogP contribution < -0.4 is 5.23 Å². The van der Waals surface area contributed by atoms with Crippen LogP contribution in [0, 0.1) is 34.8 Å². The van der Waals surface area contributed by atoms with Crippen LogP contribution in [0.1, 0.15) is 50.9 Å². The number of esters is 2. The van der Waals surface area contributed by atoms with Crippen LogP contribution in [0.5, 0.6) is 0 Å². The van der Waals surface area contributed by atoms with E-state index in [1.807, 2.05) is 6.08 Å². The van der Waals surface area contributed by atoms with E-state index in [-0.39, 0.29) is 40.7 Å². The first-order valence-corrected chi connectivity index (χ1v) is 12.4. The number of hydrogen-bond acceptors (Lipinski definition) is 7. The molecule has 1 N–H and O–H groups in total. The van der Waals surface area contributed by atoms with Crippen LogP contribution in [-0.4, -0.2) is 30.4 Å². The molecule has 194 valence electrons. The van der Waals surface area contributed by atoms with Crippen molar-refractivity contribution < 1.29 is 24.3 Å². The van der Waals surface area contributed by atoms with Crippen molar-refractivity contribution in [1.82, 2.24) is 0 Å². The summed E-state index contributed by atoms with van der Waals surface area (Å²) in [6, 6.07) is 5.73. The quantitative estimate of drug-likeness (QED) is 0.163. The molecule has 1 fully saturated rings. The lowest BCUT2D eigenvalue weighted by atomic mass is 9.57. The largest absolute Gasteiger partial charge is 0.733 e. The minimum atomic E-state index is -0.443. The van der Waals surface area contributed by atoms with Crippen molar-refractivity contribution in [2.24, 2.45) is 29.6 Å². The second-order valence-corrected chi connectivity index (χ2v) is 9.74. The molecule has 1 aromatic carbocycles. The lowest BCUT2D eigenvalue weighted by molar-refractivity contribution is -0.134. The van der Waals surface area contributed by atoms with Gasteiger partial charge >= 0.3 is 11.9 Å². The van der Waals surface area contributed by atoms with E-state index in [1.54, 1.807) is 6.08 Å². The van der Waals surface area contributed by atoms with Crippen molar-refractivity contribution in [2.45, 2.75) is 46.6 Å². The van der Waals surface area contributed by atoms with E-state index >= 15 is 0 Å². The fourth-order valence-corrected chi connectivity index (χ4v) is 5.77. The molecular formula is C29H36NO6-. The van der Waals surface area contributed by atoms with E-state index < -0.39 is 11.9 Å². The first-order chi connectivity index (χ1) is 17.2. The van der Waals surface area contributed by atoms with Gasteiger partial charge in [-0.2, -0.15) is 0 Å². The predicted octanol–water partition coefficient (Wildman–Crippen LogP) is 6.01. The van der Waals surface area contributed by atoms with Crippen LogP contribution in [0.25, 0.3) is 0 Å². The van der Waals surface area contributed by atoms with Crippen LogP contribution in [0.2, 0.25) is 0 Å². The monoisotopic (exact) mass is 494 g/mol. The molecule has 0 aromatic heterocycles. The van der Waals surface area contributed by atoms with Gasteiger partial charge < -0.3 is 19.9 Å². The highest BCUT2D eigenvalue weighted by Gasteiger charge is 2.47. The first-order valence-electron chi connectivity index (χ1n) is 12.4. The number of nitrogens with zero attached hydrogens (tertiary/aromatic N) is 1. The maximum atomic E-state index is 13.0. The molecular weight excluding hydrogens is 458 g/mol. The van der Waals surface area contributed by atoms with Gasteiger partial charge in [0, 0.05) is 17.9 Å². The van der Waals surface area contributed by atoms with Crippen LogP contribution >= 0.6 is 0 Å². The number of fused-ring (bicyclic) bond motifs is 1. The molecule has 0 bridgehead atoms. The Balaban J connectivity index is 1.90. The zero-order chi connectivity index (χ0) is 26.4.